The van der Waals surface area contributed by atoms with Crippen molar-refractivity contribution in [2.24, 2.45) is 0 Å². The number of imide groups is 2. The molecule has 2 aliphatic rings. The highest BCUT2D eigenvalue weighted by molar-refractivity contribution is 7.13. The van der Waals surface area contributed by atoms with Crippen LogP contribution in [0.25, 0.3) is 6.08 Å². The van der Waals surface area contributed by atoms with Crippen molar-refractivity contribution < 1.29 is 14.4 Å². The Balaban J connectivity index is 1.77. The molecule has 1 aliphatic carbocycles. The van der Waals surface area contributed by atoms with Gasteiger partial charge < -0.3 is 0 Å². The Morgan fingerprint density at radius 3 is 2.57 bits per heavy atom. The molecule has 4 amide bonds. The van der Waals surface area contributed by atoms with Crippen molar-refractivity contribution in [2.75, 3.05) is 4.90 Å². The summed E-state index contributed by atoms with van der Waals surface area (Å²) in [6, 6.07) is 7.55. The number of hydrogen-bond acceptors (Lipinski definition) is 5. The predicted octanol–water partition coefficient (Wildman–Crippen LogP) is 3.82. The van der Waals surface area contributed by atoms with Crippen LogP contribution in [0.5, 0.6) is 0 Å². The first-order valence-electron chi connectivity index (χ1n) is 8.71. The fourth-order valence-electron chi connectivity index (χ4n) is 3.42. The van der Waals surface area contributed by atoms with Gasteiger partial charge in [0.1, 0.15) is 11.6 Å². The van der Waals surface area contributed by atoms with Crippen LogP contribution in [0.2, 0.25) is 5.02 Å². The zero-order valence-corrected chi connectivity index (χ0v) is 16.2. The number of urea groups is 1. The van der Waals surface area contributed by atoms with Crippen molar-refractivity contribution in [3.8, 4) is 6.07 Å². The van der Waals surface area contributed by atoms with E-state index in [0.29, 0.717) is 21.2 Å². The summed E-state index contributed by atoms with van der Waals surface area (Å²) in [6.45, 7) is 0. The lowest BCUT2D eigenvalue weighted by Gasteiger charge is -2.26. The summed E-state index contributed by atoms with van der Waals surface area (Å²) < 4.78 is 0. The van der Waals surface area contributed by atoms with Crippen LogP contribution in [-0.4, -0.2) is 17.8 Å². The molecule has 0 radical (unpaired) electrons. The van der Waals surface area contributed by atoms with Gasteiger partial charge in [0.05, 0.1) is 11.3 Å². The molecule has 28 heavy (non-hydrogen) atoms. The average molecular weight is 412 g/mol. The number of anilines is 1. The average Bonchev–Trinajstić information content (AvgIpc) is 3.03. The lowest BCUT2D eigenvalue weighted by atomic mass is 9.95. The quantitative estimate of drug-likeness (QED) is 0.600. The Bertz CT molecular complexity index is 1080. The van der Waals surface area contributed by atoms with Crippen LogP contribution in [0.1, 0.15) is 33.7 Å². The number of nitrogens with zero attached hydrogens (tertiary/aromatic N) is 2. The summed E-state index contributed by atoms with van der Waals surface area (Å²) in [4.78, 5) is 40.1. The van der Waals surface area contributed by atoms with Gasteiger partial charge in [-0.25, -0.2) is 9.69 Å². The van der Waals surface area contributed by atoms with Crippen molar-refractivity contribution in [2.45, 2.75) is 25.7 Å². The molecule has 1 aromatic heterocycles. The maximum absolute atomic E-state index is 12.9. The van der Waals surface area contributed by atoms with E-state index in [2.05, 4.69) is 11.4 Å². The molecule has 0 atom stereocenters. The topological polar surface area (TPSA) is 90.3 Å². The lowest BCUT2D eigenvalue weighted by molar-refractivity contribution is -0.122. The third-order valence-electron chi connectivity index (χ3n) is 4.77. The molecule has 0 saturated carbocycles. The number of carbonyl (C=O) groups excluding carboxylic acids is 3. The van der Waals surface area contributed by atoms with Crippen molar-refractivity contribution in [1.82, 2.24) is 5.32 Å². The third-order valence-corrected chi connectivity index (χ3v) is 6.26. The van der Waals surface area contributed by atoms with Crippen molar-refractivity contribution in [3.05, 3.63) is 55.7 Å². The molecule has 1 saturated heterocycles. The Kier molecular flexibility index (Phi) is 4.75. The van der Waals surface area contributed by atoms with E-state index in [9.17, 15) is 19.6 Å². The zero-order chi connectivity index (χ0) is 19.8. The van der Waals surface area contributed by atoms with Gasteiger partial charge in [-0.2, -0.15) is 5.26 Å². The molecule has 1 aromatic carbocycles. The summed E-state index contributed by atoms with van der Waals surface area (Å²) in [5, 5.41) is 12.2. The van der Waals surface area contributed by atoms with Crippen molar-refractivity contribution in [1.29, 1.82) is 5.26 Å². The van der Waals surface area contributed by atoms with Gasteiger partial charge in [-0.1, -0.05) is 11.6 Å². The minimum absolute atomic E-state index is 0.176. The van der Waals surface area contributed by atoms with Gasteiger partial charge in [-0.05, 0) is 61.6 Å². The maximum atomic E-state index is 12.9. The number of fused-ring (bicyclic) bond motifs is 1. The summed E-state index contributed by atoms with van der Waals surface area (Å²) in [7, 11) is 0. The van der Waals surface area contributed by atoms with E-state index in [0.717, 1.165) is 41.0 Å². The Hall–Kier alpha value is -2.95. The van der Waals surface area contributed by atoms with Gasteiger partial charge in [0.2, 0.25) is 0 Å². The largest absolute Gasteiger partial charge is 0.335 e. The second kappa shape index (κ2) is 7.23. The number of carbonyl (C=O) groups is 3. The van der Waals surface area contributed by atoms with Crippen LogP contribution < -0.4 is 10.2 Å². The fraction of sp³-hybridized carbons (Fsp3) is 0.200. The number of thiophene rings is 1. The van der Waals surface area contributed by atoms with Gasteiger partial charge in [0.15, 0.2) is 0 Å². The van der Waals surface area contributed by atoms with Gasteiger partial charge in [0.25, 0.3) is 11.8 Å². The van der Waals surface area contributed by atoms with Gasteiger partial charge in [0, 0.05) is 14.8 Å². The number of halogens is 1. The van der Waals surface area contributed by atoms with E-state index in [4.69, 9.17) is 11.6 Å². The number of nitrogens with one attached hydrogen (secondary N) is 1. The number of hydrogen-bond donors (Lipinski definition) is 1. The van der Waals surface area contributed by atoms with Crippen LogP contribution in [0, 0.1) is 11.3 Å². The molecule has 0 bridgehead atoms. The first-order chi connectivity index (χ1) is 13.5. The van der Waals surface area contributed by atoms with Crippen molar-refractivity contribution in [3.63, 3.8) is 0 Å². The highest BCUT2D eigenvalue weighted by Crippen LogP contribution is 2.36. The Morgan fingerprint density at radius 1 is 1.14 bits per heavy atom. The van der Waals surface area contributed by atoms with E-state index >= 15 is 0 Å². The molecule has 140 valence electrons. The minimum Gasteiger partial charge on any atom is -0.273 e. The highest BCUT2D eigenvalue weighted by Gasteiger charge is 2.37. The molecule has 1 N–H and O–H groups in total. The van der Waals surface area contributed by atoms with Gasteiger partial charge >= 0.3 is 6.03 Å². The summed E-state index contributed by atoms with van der Waals surface area (Å²) in [5.41, 5.74) is 1.66. The molecule has 6 nitrogen and oxygen atoms in total. The van der Waals surface area contributed by atoms with E-state index in [1.54, 1.807) is 12.1 Å². The highest BCUT2D eigenvalue weighted by atomic mass is 35.5. The van der Waals surface area contributed by atoms with E-state index in [1.807, 2.05) is 0 Å². The van der Waals surface area contributed by atoms with E-state index in [-0.39, 0.29) is 5.57 Å². The van der Waals surface area contributed by atoms with Gasteiger partial charge in [-0.3, -0.25) is 14.9 Å². The van der Waals surface area contributed by atoms with Crippen LogP contribution in [0.4, 0.5) is 10.5 Å². The molecule has 2 heterocycles. The molecule has 2 aromatic rings. The zero-order valence-electron chi connectivity index (χ0n) is 14.6. The first kappa shape index (κ1) is 18.4. The Morgan fingerprint density at radius 2 is 1.86 bits per heavy atom. The second-order valence-electron chi connectivity index (χ2n) is 6.50. The van der Waals surface area contributed by atoms with E-state index < -0.39 is 17.8 Å². The monoisotopic (exact) mass is 411 g/mol. The number of rotatable bonds is 2. The number of benzene rings is 1. The number of nitriles is 1. The standard InChI is InChI=1S/C20H14ClN3O3S/c21-11-5-7-12(8-6-11)24-19(26)14(18(25)23-20(24)27)9-17-15(10-22)13-3-1-2-4-16(13)28-17/h5-9H,1-4H2,(H,23,25,27)/b14-9-. The summed E-state index contributed by atoms with van der Waals surface area (Å²) in [6.07, 6.45) is 5.23. The van der Waals surface area contributed by atoms with Gasteiger partial charge in [-0.15, -0.1) is 11.3 Å². The van der Waals surface area contributed by atoms with Crippen LogP contribution in [-0.2, 0) is 22.4 Å². The Labute approximate surface area is 170 Å². The van der Waals surface area contributed by atoms with E-state index in [1.165, 1.54) is 29.5 Å². The molecule has 0 spiro atoms. The molecule has 0 unspecified atom stereocenters. The third kappa shape index (κ3) is 3.11. The lowest BCUT2D eigenvalue weighted by Crippen LogP contribution is -2.54. The molecule has 1 aliphatic heterocycles. The molecule has 4 rings (SSSR count). The van der Waals surface area contributed by atoms with Crippen LogP contribution in [0.15, 0.2) is 29.8 Å². The van der Waals surface area contributed by atoms with Crippen molar-refractivity contribution >= 4 is 52.5 Å². The minimum atomic E-state index is -0.819. The number of barbiturate groups is 1. The van der Waals surface area contributed by atoms with Crippen LogP contribution in [0.3, 0.4) is 0 Å². The maximum Gasteiger partial charge on any atom is 0.335 e. The summed E-state index contributed by atoms with van der Waals surface area (Å²) >= 11 is 7.30. The fourth-order valence-corrected chi connectivity index (χ4v) is 4.84. The molecule has 8 heteroatoms. The molecular formula is C20H14ClN3O3S. The smallest absolute Gasteiger partial charge is 0.273 e. The SMILES string of the molecule is N#Cc1c(/C=C2/C(=O)NC(=O)N(c3ccc(Cl)cc3)C2=O)sc2c1CCCC2. The number of amides is 4. The number of aryl methyl sites for hydroxylation is 1. The summed E-state index contributed by atoms with van der Waals surface area (Å²) in [5.74, 6) is -1.50. The normalized spacial score (nSPS) is 18.1. The molecular weight excluding hydrogens is 398 g/mol. The second-order valence-corrected chi connectivity index (χ2v) is 8.07. The van der Waals surface area contributed by atoms with Crippen LogP contribution >= 0.6 is 22.9 Å². The first-order valence-corrected chi connectivity index (χ1v) is 9.90. The molecule has 1 fully saturated rings. The predicted molar refractivity (Wildman–Crippen MR) is 106 cm³/mol.